The molecule has 0 radical (unpaired) electrons. The number of para-hydroxylation sites is 1. The maximum absolute atomic E-state index is 13.1. The number of rotatable bonds is 8. The van der Waals surface area contributed by atoms with Gasteiger partial charge in [0, 0.05) is 29.1 Å². The number of esters is 1. The molecule has 0 saturated carbocycles. The molecule has 1 amide bonds. The zero-order chi connectivity index (χ0) is 24.7. The van der Waals surface area contributed by atoms with Crippen LogP contribution in [0.3, 0.4) is 0 Å². The fourth-order valence-electron chi connectivity index (χ4n) is 4.16. The van der Waals surface area contributed by atoms with E-state index in [4.69, 9.17) is 14.9 Å². The lowest BCUT2D eigenvalue weighted by atomic mass is 9.66. The Labute approximate surface area is 208 Å². The smallest absolute Gasteiger partial charge is 0.358 e. The Balaban J connectivity index is 1.49. The fraction of sp³-hybridized carbons (Fsp3) is 0.333. The molecule has 10 heteroatoms. The number of likely N-dealkylation sites (tertiary alicyclic amines) is 1. The van der Waals surface area contributed by atoms with Crippen LogP contribution in [0.4, 0.5) is 8.78 Å². The molecule has 4 rings (SSSR count). The minimum atomic E-state index is -3.00. The maximum atomic E-state index is 13.1. The minimum absolute atomic E-state index is 0.136. The van der Waals surface area contributed by atoms with Crippen molar-refractivity contribution in [1.82, 2.24) is 9.88 Å². The Morgan fingerprint density at radius 1 is 1.38 bits per heavy atom. The Hall–Kier alpha value is -2.89. The van der Waals surface area contributed by atoms with Gasteiger partial charge >= 0.3 is 9.90 Å². The van der Waals surface area contributed by atoms with E-state index in [1.807, 2.05) is 0 Å². The summed E-state index contributed by atoms with van der Waals surface area (Å²) in [6.07, 6.45) is 4.77. The number of carbonyl (C=O) groups excluding carboxylic acids is 2. The molecule has 2 unspecified atom stereocenters. The number of nitrogens with zero attached hydrogens (tertiary/aromatic N) is 2. The number of benzene rings is 1. The van der Waals surface area contributed by atoms with Crippen LogP contribution < -0.4 is 9.47 Å². The lowest BCUT2D eigenvalue weighted by Crippen LogP contribution is -2.46. The second-order valence-corrected chi connectivity index (χ2v) is 9.95. The molecular formula is C24H22F2IN3O4. The summed E-state index contributed by atoms with van der Waals surface area (Å²) in [5.41, 5.74) is -0.172. The standard InChI is InChI=1S/C24H22F2IN3O4/c1-14-10-18(29-11-19(14)33-13-24(25,26)27)15(2)30-12-23(9-8-17(23)21(30)31)20(28)22(32)34-16-6-4-3-5-7-16/h3-11,15,17,28H,12-13H2,1-2H3/t15?,17?,23-/m0/s1. The van der Waals surface area contributed by atoms with Crippen molar-refractivity contribution in [2.24, 2.45) is 11.3 Å². The lowest BCUT2D eigenvalue weighted by molar-refractivity contribution is -0.132. The van der Waals surface area contributed by atoms with Gasteiger partial charge in [0.1, 0.15) is 17.2 Å². The molecule has 1 N–H and O–H groups in total. The highest BCUT2D eigenvalue weighted by Gasteiger charge is 2.59. The van der Waals surface area contributed by atoms with E-state index in [-0.39, 0.29) is 23.9 Å². The topological polar surface area (TPSA) is 92.6 Å². The van der Waals surface area contributed by atoms with Crippen LogP contribution >= 0.6 is 22.6 Å². The van der Waals surface area contributed by atoms with Gasteiger partial charge in [-0.25, -0.2) is 4.79 Å². The summed E-state index contributed by atoms with van der Waals surface area (Å²) in [5, 5.41) is 8.51. The number of aryl methyl sites for hydroxylation is 1. The number of aromatic nitrogens is 1. The van der Waals surface area contributed by atoms with Crippen LogP contribution in [0.5, 0.6) is 11.5 Å². The largest absolute Gasteiger partial charge is 0.485 e. The minimum Gasteiger partial charge on any atom is -0.485 e. The van der Waals surface area contributed by atoms with Gasteiger partial charge in [0.2, 0.25) is 5.91 Å². The Morgan fingerprint density at radius 3 is 2.68 bits per heavy atom. The molecule has 1 aromatic carbocycles. The molecule has 2 aromatic rings. The second kappa shape index (κ2) is 9.05. The van der Waals surface area contributed by atoms with Gasteiger partial charge in [-0.2, -0.15) is 8.78 Å². The van der Waals surface area contributed by atoms with E-state index < -0.39 is 33.9 Å². The highest BCUT2D eigenvalue weighted by molar-refractivity contribution is 14.1. The fourth-order valence-corrected chi connectivity index (χ4v) is 4.32. The maximum Gasteiger partial charge on any atom is 0.358 e. The van der Waals surface area contributed by atoms with E-state index >= 15 is 0 Å². The van der Waals surface area contributed by atoms with E-state index in [0.717, 1.165) is 22.6 Å². The van der Waals surface area contributed by atoms with Crippen LogP contribution in [0, 0.1) is 23.7 Å². The summed E-state index contributed by atoms with van der Waals surface area (Å²) >= 11 is 1.01. The summed E-state index contributed by atoms with van der Waals surface area (Å²) in [4.78, 5) is 31.7. The van der Waals surface area contributed by atoms with Gasteiger partial charge in [0.25, 0.3) is 0 Å². The molecule has 3 atom stereocenters. The van der Waals surface area contributed by atoms with E-state index in [9.17, 15) is 18.4 Å². The number of ether oxygens (including phenoxy) is 2. The molecule has 1 saturated heterocycles. The molecule has 2 heterocycles. The number of pyridine rings is 1. The number of hydrogen-bond acceptors (Lipinski definition) is 6. The molecule has 1 aromatic heterocycles. The van der Waals surface area contributed by atoms with Crippen molar-refractivity contribution in [2.75, 3.05) is 13.2 Å². The first-order valence-corrected chi connectivity index (χ1v) is 11.6. The zero-order valence-electron chi connectivity index (χ0n) is 18.4. The second-order valence-electron chi connectivity index (χ2n) is 8.38. The molecule has 34 heavy (non-hydrogen) atoms. The lowest BCUT2D eigenvalue weighted by Gasteiger charge is -2.35. The van der Waals surface area contributed by atoms with Crippen molar-refractivity contribution < 1.29 is 27.8 Å². The molecular weight excluding hydrogens is 559 g/mol. The first kappa shape index (κ1) is 24.2. The number of amides is 1. The number of alkyl halides is 3. The average Bonchev–Trinajstić information content (AvgIpc) is 2.97. The predicted octanol–water partition coefficient (Wildman–Crippen LogP) is 4.50. The van der Waals surface area contributed by atoms with Gasteiger partial charge < -0.3 is 14.4 Å². The Bertz CT molecular complexity index is 1170. The monoisotopic (exact) mass is 581 g/mol. The number of halogens is 3. The molecule has 1 fully saturated rings. The van der Waals surface area contributed by atoms with Gasteiger partial charge in [0.05, 0.1) is 29.3 Å². The van der Waals surface area contributed by atoms with Gasteiger partial charge in [0.15, 0.2) is 6.61 Å². The van der Waals surface area contributed by atoms with E-state index in [0.29, 0.717) is 17.0 Å². The molecule has 0 bridgehead atoms. The van der Waals surface area contributed by atoms with Crippen molar-refractivity contribution in [1.29, 1.82) is 5.41 Å². The van der Waals surface area contributed by atoms with Crippen molar-refractivity contribution in [2.45, 2.75) is 23.8 Å². The van der Waals surface area contributed by atoms with Crippen molar-refractivity contribution in [3.8, 4) is 11.5 Å². The van der Waals surface area contributed by atoms with Gasteiger partial charge in [-0.05, 0) is 37.6 Å². The molecule has 2 aliphatic rings. The van der Waals surface area contributed by atoms with Crippen LogP contribution in [0.25, 0.3) is 0 Å². The van der Waals surface area contributed by atoms with Crippen molar-refractivity contribution >= 4 is 40.2 Å². The summed E-state index contributed by atoms with van der Waals surface area (Å²) < 4.78 is 33.7. The van der Waals surface area contributed by atoms with Crippen LogP contribution in [0.15, 0.2) is 54.7 Å². The number of carbonyl (C=O) groups is 2. The van der Waals surface area contributed by atoms with E-state index in [1.165, 1.54) is 6.20 Å². The zero-order valence-corrected chi connectivity index (χ0v) is 20.6. The third-order valence-corrected chi connectivity index (χ3v) is 6.43. The number of hydrogen-bond donors (Lipinski definition) is 1. The first-order valence-electron chi connectivity index (χ1n) is 10.5. The molecule has 1 aliphatic carbocycles. The van der Waals surface area contributed by atoms with Crippen molar-refractivity contribution in [3.63, 3.8) is 0 Å². The SMILES string of the molecule is Cc1cc(C(C)N2C[C@@]3(C(=N)C(=O)Oc4ccccc4)C=CC3C2=O)ncc1OCC(F)(F)I. The first-order chi connectivity index (χ1) is 16.0. The molecule has 7 nitrogen and oxygen atoms in total. The van der Waals surface area contributed by atoms with Crippen LogP contribution in [-0.2, 0) is 9.59 Å². The number of nitrogens with one attached hydrogen (secondary N) is 1. The van der Waals surface area contributed by atoms with E-state index in [1.54, 1.807) is 67.3 Å². The summed E-state index contributed by atoms with van der Waals surface area (Å²) in [5.74, 6) is -1.07. The van der Waals surface area contributed by atoms with Crippen LogP contribution in [0.2, 0.25) is 0 Å². The van der Waals surface area contributed by atoms with Gasteiger partial charge in [-0.1, -0.05) is 30.4 Å². The highest BCUT2D eigenvalue weighted by Crippen LogP contribution is 2.49. The summed E-state index contributed by atoms with van der Waals surface area (Å²) in [7, 11) is 0. The highest BCUT2D eigenvalue weighted by atomic mass is 127. The van der Waals surface area contributed by atoms with Gasteiger partial charge in [-0.15, -0.1) is 0 Å². The van der Waals surface area contributed by atoms with E-state index in [2.05, 4.69) is 4.98 Å². The number of fused-ring (bicyclic) bond motifs is 1. The van der Waals surface area contributed by atoms with Gasteiger partial charge in [-0.3, -0.25) is 15.2 Å². The Morgan fingerprint density at radius 2 is 2.09 bits per heavy atom. The predicted molar refractivity (Wildman–Crippen MR) is 128 cm³/mol. The van der Waals surface area contributed by atoms with Crippen LogP contribution in [0.1, 0.15) is 24.2 Å². The normalized spacial score (nSPS) is 22.1. The van der Waals surface area contributed by atoms with Crippen LogP contribution in [-0.4, -0.2) is 44.6 Å². The summed E-state index contributed by atoms with van der Waals surface area (Å²) in [6.45, 7) is 2.87. The average molecular weight is 581 g/mol. The summed E-state index contributed by atoms with van der Waals surface area (Å²) in [6, 6.07) is 9.69. The molecule has 0 spiro atoms. The quantitative estimate of drug-likeness (QED) is 0.124. The Kier molecular flexibility index (Phi) is 6.45. The molecule has 1 aliphatic heterocycles. The third kappa shape index (κ3) is 4.55. The van der Waals surface area contributed by atoms with Crippen molar-refractivity contribution in [3.05, 3.63) is 66.0 Å². The third-order valence-electron chi connectivity index (χ3n) is 6.12. The molecule has 178 valence electrons.